The van der Waals surface area contributed by atoms with E-state index in [9.17, 15) is 14.0 Å². The molecular formula is C22H20FNO4. The van der Waals surface area contributed by atoms with Crippen LogP contribution in [0, 0.1) is 12.7 Å². The number of benzene rings is 2. The summed E-state index contributed by atoms with van der Waals surface area (Å²) >= 11 is 0. The molecule has 144 valence electrons. The molecule has 3 rings (SSSR count). The van der Waals surface area contributed by atoms with Gasteiger partial charge in [-0.1, -0.05) is 42.0 Å². The van der Waals surface area contributed by atoms with Crippen molar-refractivity contribution in [3.8, 4) is 11.3 Å². The zero-order valence-electron chi connectivity index (χ0n) is 15.6. The van der Waals surface area contributed by atoms with Gasteiger partial charge in [-0.05, 0) is 43.7 Å². The Labute approximate surface area is 162 Å². The Kier molecular flexibility index (Phi) is 5.89. The highest BCUT2D eigenvalue weighted by Crippen LogP contribution is 2.25. The maximum Gasteiger partial charge on any atom is 0.375 e. The predicted molar refractivity (Wildman–Crippen MR) is 102 cm³/mol. The maximum atomic E-state index is 13.8. The van der Waals surface area contributed by atoms with Gasteiger partial charge in [-0.25, -0.2) is 9.18 Å². The molecule has 1 amide bonds. The van der Waals surface area contributed by atoms with Crippen molar-refractivity contribution in [3.05, 3.63) is 83.4 Å². The third-order valence-corrected chi connectivity index (χ3v) is 4.19. The van der Waals surface area contributed by atoms with Gasteiger partial charge in [0.15, 0.2) is 6.10 Å². The topological polar surface area (TPSA) is 68.5 Å². The van der Waals surface area contributed by atoms with Gasteiger partial charge in [-0.15, -0.1) is 0 Å². The lowest BCUT2D eigenvalue weighted by atomic mass is 10.1. The summed E-state index contributed by atoms with van der Waals surface area (Å²) in [5.74, 6) is -1.56. The van der Waals surface area contributed by atoms with Crippen molar-refractivity contribution in [1.29, 1.82) is 0 Å². The first kappa shape index (κ1) is 19.4. The van der Waals surface area contributed by atoms with E-state index in [-0.39, 0.29) is 17.1 Å². The smallest absolute Gasteiger partial charge is 0.375 e. The van der Waals surface area contributed by atoms with Crippen LogP contribution in [0.4, 0.5) is 4.39 Å². The normalized spacial score (nSPS) is 11.7. The molecule has 28 heavy (non-hydrogen) atoms. The molecule has 0 aliphatic heterocycles. The van der Waals surface area contributed by atoms with Crippen LogP contribution < -0.4 is 5.32 Å². The molecule has 0 fully saturated rings. The molecule has 0 saturated heterocycles. The van der Waals surface area contributed by atoms with Gasteiger partial charge in [0.25, 0.3) is 5.91 Å². The summed E-state index contributed by atoms with van der Waals surface area (Å²) in [5, 5.41) is 2.72. The van der Waals surface area contributed by atoms with E-state index in [2.05, 4.69) is 5.32 Å². The first-order chi connectivity index (χ1) is 13.4. The van der Waals surface area contributed by atoms with Crippen molar-refractivity contribution in [2.24, 2.45) is 0 Å². The third kappa shape index (κ3) is 4.65. The van der Waals surface area contributed by atoms with Gasteiger partial charge in [0.05, 0.1) is 5.56 Å². The molecule has 0 unspecified atom stereocenters. The van der Waals surface area contributed by atoms with E-state index in [0.717, 1.165) is 11.1 Å². The Morgan fingerprint density at radius 2 is 1.79 bits per heavy atom. The van der Waals surface area contributed by atoms with Crippen LogP contribution >= 0.6 is 0 Å². The van der Waals surface area contributed by atoms with Crippen LogP contribution in [-0.2, 0) is 16.1 Å². The first-order valence-corrected chi connectivity index (χ1v) is 8.83. The van der Waals surface area contributed by atoms with Crippen molar-refractivity contribution in [1.82, 2.24) is 5.32 Å². The Morgan fingerprint density at radius 3 is 2.50 bits per heavy atom. The fourth-order valence-electron chi connectivity index (χ4n) is 2.56. The number of carbonyl (C=O) groups is 2. The zero-order valence-corrected chi connectivity index (χ0v) is 15.6. The second-order valence-corrected chi connectivity index (χ2v) is 6.39. The van der Waals surface area contributed by atoms with E-state index in [1.165, 1.54) is 25.1 Å². The summed E-state index contributed by atoms with van der Waals surface area (Å²) < 4.78 is 24.4. The van der Waals surface area contributed by atoms with Crippen LogP contribution in [0.15, 0.2) is 65.1 Å². The minimum Gasteiger partial charge on any atom is -0.449 e. The highest BCUT2D eigenvalue weighted by Gasteiger charge is 2.21. The van der Waals surface area contributed by atoms with Crippen LogP contribution in [0.2, 0.25) is 0 Å². The van der Waals surface area contributed by atoms with Gasteiger partial charge in [-0.3, -0.25) is 4.79 Å². The Bertz CT molecular complexity index is 978. The number of halogens is 1. The zero-order chi connectivity index (χ0) is 20.1. The molecule has 1 atom stereocenters. The maximum absolute atomic E-state index is 13.8. The monoisotopic (exact) mass is 381 g/mol. The molecule has 2 aromatic carbocycles. The molecule has 0 bridgehead atoms. The molecule has 3 aromatic rings. The van der Waals surface area contributed by atoms with Crippen molar-refractivity contribution in [3.63, 3.8) is 0 Å². The van der Waals surface area contributed by atoms with Crippen molar-refractivity contribution < 1.29 is 23.1 Å². The van der Waals surface area contributed by atoms with Gasteiger partial charge < -0.3 is 14.5 Å². The number of nitrogens with one attached hydrogen (secondary N) is 1. The molecule has 0 aliphatic carbocycles. The molecule has 0 aliphatic rings. The molecule has 0 radical (unpaired) electrons. The number of ether oxygens (including phenoxy) is 1. The number of hydrogen-bond acceptors (Lipinski definition) is 4. The van der Waals surface area contributed by atoms with Crippen molar-refractivity contribution in [2.75, 3.05) is 0 Å². The van der Waals surface area contributed by atoms with E-state index in [1.54, 1.807) is 18.2 Å². The molecule has 1 heterocycles. The average molecular weight is 381 g/mol. The van der Waals surface area contributed by atoms with Gasteiger partial charge in [0.1, 0.15) is 11.6 Å². The van der Waals surface area contributed by atoms with E-state index >= 15 is 0 Å². The fraction of sp³-hybridized carbons (Fsp3) is 0.182. The molecule has 1 N–H and O–H groups in total. The molecular weight excluding hydrogens is 361 g/mol. The lowest BCUT2D eigenvalue weighted by Gasteiger charge is -2.13. The first-order valence-electron chi connectivity index (χ1n) is 8.83. The number of hydrogen-bond donors (Lipinski definition) is 1. The third-order valence-electron chi connectivity index (χ3n) is 4.19. The van der Waals surface area contributed by atoms with Gasteiger partial charge in [-0.2, -0.15) is 0 Å². The van der Waals surface area contributed by atoms with E-state index in [0.29, 0.717) is 6.54 Å². The average Bonchev–Trinajstić information content (AvgIpc) is 3.17. The SMILES string of the molecule is Cc1ccc(CNC(=O)[C@@H](C)OC(=O)c2ccc(-c3ccccc3F)o2)cc1. The summed E-state index contributed by atoms with van der Waals surface area (Å²) in [4.78, 5) is 24.4. The Hall–Kier alpha value is -3.41. The summed E-state index contributed by atoms with van der Waals surface area (Å²) in [6.45, 7) is 3.79. The van der Waals surface area contributed by atoms with Crippen molar-refractivity contribution in [2.45, 2.75) is 26.5 Å². The molecule has 0 spiro atoms. The highest BCUT2D eigenvalue weighted by molar-refractivity contribution is 5.90. The van der Waals surface area contributed by atoms with Gasteiger partial charge in [0.2, 0.25) is 5.76 Å². The second-order valence-electron chi connectivity index (χ2n) is 6.39. The second kappa shape index (κ2) is 8.52. The molecule has 5 nitrogen and oxygen atoms in total. The van der Waals surface area contributed by atoms with Gasteiger partial charge in [0, 0.05) is 6.54 Å². The summed E-state index contributed by atoms with van der Waals surface area (Å²) in [5.41, 5.74) is 2.31. The van der Waals surface area contributed by atoms with Crippen LogP contribution in [0.25, 0.3) is 11.3 Å². The van der Waals surface area contributed by atoms with Crippen LogP contribution in [0.5, 0.6) is 0 Å². The fourth-order valence-corrected chi connectivity index (χ4v) is 2.56. The number of furan rings is 1. The Balaban J connectivity index is 1.57. The van der Waals surface area contributed by atoms with Crippen LogP contribution in [0.3, 0.4) is 0 Å². The molecule has 1 aromatic heterocycles. The number of esters is 1. The number of carbonyl (C=O) groups excluding carboxylic acids is 2. The standard InChI is InChI=1S/C22H20FNO4/c1-14-7-9-16(10-8-14)13-24-21(25)15(2)27-22(26)20-12-11-19(28-20)17-5-3-4-6-18(17)23/h3-12,15H,13H2,1-2H3,(H,24,25)/t15-/m1/s1. The lowest BCUT2D eigenvalue weighted by molar-refractivity contribution is -0.129. The van der Waals surface area contributed by atoms with Crippen LogP contribution in [-0.4, -0.2) is 18.0 Å². The summed E-state index contributed by atoms with van der Waals surface area (Å²) in [7, 11) is 0. The quantitative estimate of drug-likeness (QED) is 0.648. The van der Waals surface area contributed by atoms with E-state index in [4.69, 9.17) is 9.15 Å². The predicted octanol–water partition coefficient (Wildman–Crippen LogP) is 4.26. The summed E-state index contributed by atoms with van der Waals surface area (Å²) in [6.07, 6.45) is -1.00. The molecule has 0 saturated carbocycles. The molecule has 6 heteroatoms. The van der Waals surface area contributed by atoms with E-state index < -0.39 is 23.8 Å². The minimum absolute atomic E-state index is 0.101. The lowest BCUT2D eigenvalue weighted by Crippen LogP contribution is -2.35. The van der Waals surface area contributed by atoms with Crippen LogP contribution in [0.1, 0.15) is 28.6 Å². The van der Waals surface area contributed by atoms with E-state index in [1.807, 2.05) is 31.2 Å². The largest absolute Gasteiger partial charge is 0.449 e. The number of aryl methyl sites for hydroxylation is 1. The van der Waals surface area contributed by atoms with Crippen molar-refractivity contribution >= 4 is 11.9 Å². The minimum atomic E-state index is -1.00. The number of amides is 1. The van der Waals surface area contributed by atoms with Gasteiger partial charge >= 0.3 is 5.97 Å². The Morgan fingerprint density at radius 1 is 1.07 bits per heavy atom. The number of rotatable bonds is 6. The summed E-state index contributed by atoms with van der Waals surface area (Å²) in [6, 6.07) is 16.7. The highest BCUT2D eigenvalue weighted by atomic mass is 19.1.